The van der Waals surface area contributed by atoms with Gasteiger partial charge in [-0.3, -0.25) is 0 Å². The maximum atomic E-state index is 4.11. The smallest absolute Gasteiger partial charge is 0.00627 e. The van der Waals surface area contributed by atoms with Gasteiger partial charge in [-0.1, -0.05) is 18.9 Å². The van der Waals surface area contributed by atoms with Crippen LogP contribution in [-0.4, -0.2) is 75.5 Å². The van der Waals surface area contributed by atoms with Crippen molar-refractivity contribution in [2.45, 2.75) is 0 Å². The zero-order valence-electron chi connectivity index (χ0n) is 34.0. The summed E-state index contributed by atoms with van der Waals surface area (Å²) in [4.78, 5) is 0. The van der Waals surface area contributed by atoms with Crippen LogP contribution in [0.5, 0.6) is 0 Å². The normalized spacial score (nSPS) is 4.68. The van der Waals surface area contributed by atoms with E-state index in [4.69, 9.17) is 0 Å². The molecule has 0 fully saturated rings. The van der Waals surface area contributed by atoms with Gasteiger partial charge in [-0.15, -0.1) is 66.1 Å². The molecule has 24 radical (unpaired) electrons. The van der Waals surface area contributed by atoms with Crippen molar-refractivity contribution in [3.05, 3.63) is 22.3 Å². The molecule has 0 aromatic rings. The molecule has 0 aromatic carbocycles. The Labute approximate surface area is 1140 Å². The van der Waals surface area contributed by atoms with E-state index >= 15 is 0 Å². The van der Waals surface area contributed by atoms with E-state index in [0.29, 0.717) is 0 Å². The Kier molecular flexibility index (Phi) is 1550. The summed E-state index contributed by atoms with van der Waals surface area (Å²) in [7, 11) is 2.94. The topological polar surface area (TPSA) is 0 Å². The second kappa shape index (κ2) is 293. The molecule has 57 heavy (non-hydrogen) atoms. The molecule has 0 aromatic heterocycles. The van der Waals surface area contributed by atoms with Gasteiger partial charge in [-0.05, 0) is 25.9 Å². The zero-order valence-corrected chi connectivity index (χ0v) is 143. The van der Waals surface area contributed by atoms with Gasteiger partial charge in [0.1, 0.15) is 0 Å². The van der Waals surface area contributed by atoms with E-state index in [1.807, 2.05) is 6.66 Å². The first kappa shape index (κ1) is 302. The summed E-state index contributed by atoms with van der Waals surface area (Å²) in [6.45, 7) is 6.43. The van der Waals surface area contributed by atoms with Crippen LogP contribution in [0.1, 0.15) is 0 Å². The maximum Gasteiger partial charge on any atom is 0.00627 e. The van der Waals surface area contributed by atoms with Gasteiger partial charge in [0.2, 0.25) is 0 Å². The average molecular weight is 4750 g/mol. The van der Waals surface area contributed by atoms with Crippen LogP contribution in [-0.2, 0) is 1040 Å². The van der Waals surface area contributed by atoms with Crippen LogP contribution in [0.4, 0.5) is 0 Å². The molecule has 0 N–H and O–H groups in total. The van der Waals surface area contributed by atoms with Crippen LogP contribution in [0, 0.1) is 22.3 Å². The first-order valence-corrected chi connectivity index (χ1v) is 16.5. The molecule has 42 heteroatoms. The SMILES string of the molecule is C=PC.C=PC[PH](=C)C.C=PC[PH](=C)C[PH](=C)C.[CH3-].[CH3-].[CH3-].[W].[W].[W].[W].[W].[W].[W].[W].[W].[W].[W].[W].[Y].[Y].[Y].[Y].[Y].[Y].[Y].[Y].[Y].[Y].[Y].[Y].[Y].[Y].[Y].[Y].[Y].[Y].[Y].[Y].[Y].[Y].[Y].[Y]. The third kappa shape index (κ3) is 352. The van der Waals surface area contributed by atoms with Gasteiger partial charge in [0, 0.05) is 1050 Å². The Balaban J connectivity index is -0.00000000113. The van der Waals surface area contributed by atoms with E-state index < -0.39 is 0 Å². The molecule has 0 aliphatic carbocycles. The predicted octanol–water partition coefficient (Wildman–Crippen LogP) is 6.06. The number of rotatable bonds is 6. The predicted molar refractivity (Wildman–Crippen MR) is 140 cm³/mol. The molecule has 0 spiro atoms. The third-order valence-corrected chi connectivity index (χ3v) is 11.4. The van der Waals surface area contributed by atoms with Gasteiger partial charge in [-0.25, -0.2) is 0 Å². The van der Waals surface area contributed by atoms with E-state index in [-0.39, 0.29) is 1080 Å². The van der Waals surface area contributed by atoms with Crippen LogP contribution in [0.25, 0.3) is 0 Å². The summed E-state index contributed by atoms with van der Waals surface area (Å²) in [5.41, 5.74) is 0. The van der Waals surface area contributed by atoms with Crippen molar-refractivity contribution in [1.29, 1.82) is 0 Å². The summed E-state index contributed by atoms with van der Waals surface area (Å²) in [5, 5.41) is 0. The van der Waals surface area contributed by atoms with Crippen molar-refractivity contribution in [3.8, 4) is 0 Å². The Hall–Kier alpha value is 36.2. The molecule has 0 saturated heterocycles. The summed E-state index contributed by atoms with van der Waals surface area (Å²) >= 11 is 0. The molecule has 276 valence electrons. The molecule has 0 saturated carbocycles. The number of hydrogen-bond donors (Lipinski definition) is 0. The van der Waals surface area contributed by atoms with E-state index in [0.717, 1.165) is 0 Å². The first-order chi connectivity index (χ1) is 8.35. The fourth-order valence-corrected chi connectivity index (χ4v) is 8.49. The summed E-state index contributed by atoms with van der Waals surface area (Å²) in [6.07, 6.45) is 22.9. The minimum Gasteiger partial charge on any atom is -0.358 e. The maximum absolute atomic E-state index is 4.11. The van der Waals surface area contributed by atoms with Crippen molar-refractivity contribution < 1.29 is 1040 Å². The average Bonchev–Trinajstić information content (AvgIpc) is 2.18. The first-order valence-electron chi connectivity index (χ1n) is 5.50. The summed E-state index contributed by atoms with van der Waals surface area (Å²) in [5.74, 6) is 3.80. The second-order valence-electron chi connectivity index (χ2n) is 3.92. The van der Waals surface area contributed by atoms with Gasteiger partial charge in [0.15, 0.2) is 0 Å². The molecule has 0 bridgehead atoms. The van der Waals surface area contributed by atoms with Crippen molar-refractivity contribution in [1.82, 2.24) is 0 Å². The molecule has 0 aliphatic rings. The Morgan fingerprint density at radius 2 is 0.439 bits per heavy atom. The van der Waals surface area contributed by atoms with Crippen molar-refractivity contribution in [2.75, 3.05) is 37.7 Å². The van der Waals surface area contributed by atoms with E-state index in [9.17, 15) is 0 Å². The van der Waals surface area contributed by atoms with Gasteiger partial charge in [-0.2, -0.15) is 0 Å². The Bertz CT molecular complexity index is 382. The fourth-order valence-electron chi connectivity index (χ4n) is 0.832. The van der Waals surface area contributed by atoms with Crippen LogP contribution in [0.15, 0.2) is 0 Å². The van der Waals surface area contributed by atoms with Gasteiger partial charge in [0.25, 0.3) is 0 Å². The van der Waals surface area contributed by atoms with E-state index in [1.54, 1.807) is 0 Å². The van der Waals surface area contributed by atoms with Gasteiger partial charge >= 0.3 is 0 Å². The van der Waals surface area contributed by atoms with Gasteiger partial charge < -0.3 is 22.3 Å². The van der Waals surface area contributed by atoms with Crippen molar-refractivity contribution in [3.63, 3.8) is 0 Å². The van der Waals surface area contributed by atoms with Crippen LogP contribution in [0.2, 0.25) is 0 Å². The van der Waals surface area contributed by atoms with E-state index in [2.05, 4.69) is 51.1 Å². The van der Waals surface area contributed by atoms with Crippen LogP contribution in [0.3, 0.4) is 0 Å². The fraction of sp³-hybridized carbons (Fsp3) is 0.400. The van der Waals surface area contributed by atoms with Crippen LogP contribution >= 0.6 is 47.2 Å². The molecule has 0 rings (SSSR count). The molecule has 3 atom stereocenters. The second-order valence-corrected chi connectivity index (χ2v) is 14.7. The molecule has 0 aliphatic heterocycles. The largest absolute Gasteiger partial charge is 0.358 e. The molecular formula is C15H39P6W12Y24-3. The Morgan fingerprint density at radius 3 is 0.491 bits per heavy atom. The van der Waals surface area contributed by atoms with Gasteiger partial charge in [0.05, 0.1) is 0 Å². The van der Waals surface area contributed by atoms with E-state index in [1.165, 1.54) is 42.3 Å². The number of hydrogen-bond acceptors (Lipinski definition) is 0. The van der Waals surface area contributed by atoms with Crippen molar-refractivity contribution in [2.24, 2.45) is 0 Å². The monoisotopic (exact) mass is 4750 g/mol. The summed E-state index contributed by atoms with van der Waals surface area (Å²) < 4.78 is 0. The quantitative estimate of drug-likeness (QED) is 0.225. The molecule has 0 amide bonds. The molecular weight excluding hydrogens is 4710 g/mol. The van der Waals surface area contributed by atoms with Crippen LogP contribution < -0.4 is 0 Å². The molecule has 0 heterocycles. The summed E-state index contributed by atoms with van der Waals surface area (Å²) in [6, 6.07) is 0. The minimum atomic E-state index is -0.282. The van der Waals surface area contributed by atoms with Crippen molar-refractivity contribution >= 4 is 85.0 Å². The molecule has 3 unspecified atom stereocenters. The standard InChI is InChI=1S/C6H15P3.C4H10P2.C2H5P.3CH3.12W.24Y/c1-7-5-9(4)6-8(2)3;1-5-4-6(2)3;1-3-2;;;;;;;;;;;;;;;;;;;;;;;;;;;;;;;;;;;;;;;/h8-9H,1-2,4-6H2,3H3;6H,1-2,4H2,3H3;1H2,2H3;3*1H3;;;;;;;;;;;;;;;;;;;;;;;;;;;;;;;;;;;;/q;;;3*-1;;;;;;;;;;;;;;;;;;;;;;;;;;;;;;;;;;;;. The Morgan fingerprint density at radius 1 is 0.316 bits per heavy atom. The zero-order chi connectivity index (χ0) is 15.0. The molecule has 0 nitrogen and oxygen atoms in total. The third-order valence-electron chi connectivity index (χ3n) is 1.27. The minimum absolute atomic E-state index is 0.